The third-order valence-corrected chi connectivity index (χ3v) is 3.27. The summed E-state index contributed by atoms with van der Waals surface area (Å²) < 4.78 is 3.65. The van der Waals surface area contributed by atoms with Crippen molar-refractivity contribution >= 4 is 5.91 Å². The van der Waals surface area contributed by atoms with Crippen LogP contribution in [0.15, 0.2) is 18.5 Å². The number of rotatable bonds is 7. The number of carbonyl (C=O) groups is 1. The molecule has 0 spiro atoms. The van der Waals surface area contributed by atoms with Gasteiger partial charge in [0.1, 0.15) is 5.69 Å². The number of nitrogens with one attached hydrogen (secondary N) is 1. The number of nitrogens with two attached hydrogens (primary N) is 1. The van der Waals surface area contributed by atoms with Crippen LogP contribution in [0.3, 0.4) is 0 Å². The minimum atomic E-state index is -0.211. The molecule has 0 aromatic carbocycles. The van der Waals surface area contributed by atoms with E-state index < -0.39 is 0 Å². The number of aromatic nitrogens is 5. The molecule has 114 valence electrons. The molecule has 0 radical (unpaired) electrons. The van der Waals surface area contributed by atoms with Crippen LogP contribution in [0.5, 0.6) is 0 Å². The van der Waals surface area contributed by atoms with Gasteiger partial charge in [-0.3, -0.25) is 9.48 Å². The fourth-order valence-electron chi connectivity index (χ4n) is 1.82. The maximum Gasteiger partial charge on any atom is 0.234 e. The lowest BCUT2D eigenvalue weighted by atomic mass is 10.3. The molecule has 0 saturated heterocycles. The Balaban J connectivity index is 1.93. The molecule has 0 bridgehead atoms. The maximum absolute atomic E-state index is 11.1. The van der Waals surface area contributed by atoms with E-state index in [2.05, 4.69) is 34.6 Å². The lowest BCUT2D eigenvalue weighted by Crippen LogP contribution is -2.29. The van der Waals surface area contributed by atoms with E-state index in [1.807, 2.05) is 16.9 Å². The van der Waals surface area contributed by atoms with Gasteiger partial charge in [0.2, 0.25) is 5.91 Å². The second-order valence-electron chi connectivity index (χ2n) is 4.93. The summed E-state index contributed by atoms with van der Waals surface area (Å²) >= 11 is 0. The van der Waals surface area contributed by atoms with E-state index in [4.69, 9.17) is 5.73 Å². The van der Waals surface area contributed by atoms with Gasteiger partial charge < -0.3 is 11.1 Å². The van der Waals surface area contributed by atoms with E-state index in [-0.39, 0.29) is 12.5 Å². The Morgan fingerprint density at radius 3 is 3.00 bits per heavy atom. The zero-order valence-corrected chi connectivity index (χ0v) is 12.4. The molecule has 8 heteroatoms. The Bertz CT molecular complexity index is 589. The molecule has 0 aliphatic carbocycles. The van der Waals surface area contributed by atoms with Crippen molar-refractivity contribution in [1.29, 1.82) is 0 Å². The Morgan fingerprint density at radius 2 is 2.29 bits per heavy atom. The van der Waals surface area contributed by atoms with Gasteiger partial charge in [0.25, 0.3) is 0 Å². The number of hydrogen-bond donors (Lipinski definition) is 2. The quantitative estimate of drug-likeness (QED) is 0.751. The smallest absolute Gasteiger partial charge is 0.234 e. The maximum atomic E-state index is 11.1. The molecule has 0 aliphatic rings. The van der Waals surface area contributed by atoms with Gasteiger partial charge in [0.05, 0.1) is 31.5 Å². The molecule has 2 aromatic heterocycles. The van der Waals surface area contributed by atoms with Crippen LogP contribution in [-0.4, -0.2) is 37.2 Å². The topological polar surface area (TPSA) is 104 Å². The second-order valence-corrected chi connectivity index (χ2v) is 4.93. The van der Waals surface area contributed by atoms with Crippen molar-refractivity contribution in [3.63, 3.8) is 0 Å². The summed E-state index contributed by atoms with van der Waals surface area (Å²) in [5.74, 6) is -0.211. The highest BCUT2D eigenvalue weighted by molar-refractivity contribution is 5.77. The fraction of sp³-hybridized carbons (Fsp3) is 0.538. The SMILES string of the molecule is CCC(C)n1ccc(Cn2cc(CNC(=O)CN)nn2)n1. The first-order valence-electron chi connectivity index (χ1n) is 7.02. The Hall–Kier alpha value is -2.22. The summed E-state index contributed by atoms with van der Waals surface area (Å²) in [5.41, 5.74) is 6.84. The van der Waals surface area contributed by atoms with E-state index in [9.17, 15) is 4.79 Å². The van der Waals surface area contributed by atoms with Crippen molar-refractivity contribution in [2.45, 2.75) is 39.4 Å². The molecule has 0 saturated carbocycles. The first-order chi connectivity index (χ1) is 10.1. The predicted octanol–water partition coefficient (Wildman–Crippen LogP) is 0.0688. The van der Waals surface area contributed by atoms with Crippen molar-refractivity contribution in [3.8, 4) is 0 Å². The van der Waals surface area contributed by atoms with Gasteiger partial charge in [-0.2, -0.15) is 5.10 Å². The largest absolute Gasteiger partial charge is 0.349 e. The average Bonchev–Trinajstić information content (AvgIpc) is 3.14. The summed E-state index contributed by atoms with van der Waals surface area (Å²) in [5, 5.41) is 15.2. The Labute approximate surface area is 123 Å². The van der Waals surface area contributed by atoms with Crippen LogP contribution in [-0.2, 0) is 17.9 Å². The van der Waals surface area contributed by atoms with Gasteiger partial charge in [-0.05, 0) is 19.4 Å². The van der Waals surface area contributed by atoms with E-state index in [0.29, 0.717) is 24.8 Å². The highest BCUT2D eigenvalue weighted by Crippen LogP contribution is 2.09. The van der Waals surface area contributed by atoms with Crippen LogP contribution in [0.2, 0.25) is 0 Å². The molecule has 2 rings (SSSR count). The third kappa shape index (κ3) is 4.12. The Kier molecular flexibility index (Phi) is 5.04. The summed E-state index contributed by atoms with van der Waals surface area (Å²) in [7, 11) is 0. The number of carbonyl (C=O) groups excluding carboxylic acids is 1. The van der Waals surface area contributed by atoms with Crippen LogP contribution < -0.4 is 11.1 Å². The van der Waals surface area contributed by atoms with Crippen molar-refractivity contribution in [2.75, 3.05) is 6.54 Å². The lowest BCUT2D eigenvalue weighted by Gasteiger charge is -2.07. The molecular formula is C13H21N7O. The van der Waals surface area contributed by atoms with Crippen LogP contribution >= 0.6 is 0 Å². The third-order valence-electron chi connectivity index (χ3n) is 3.27. The van der Waals surface area contributed by atoms with E-state index in [1.54, 1.807) is 10.9 Å². The van der Waals surface area contributed by atoms with Crippen molar-refractivity contribution in [2.24, 2.45) is 5.73 Å². The van der Waals surface area contributed by atoms with Crippen LogP contribution in [0.25, 0.3) is 0 Å². The molecule has 2 aromatic rings. The standard InChI is InChI=1S/C13H21N7O/c1-3-10(2)20-5-4-11(17-20)8-19-9-12(16-18-19)7-15-13(21)6-14/h4-5,9-10H,3,6-8,14H2,1-2H3,(H,15,21). The number of nitrogens with zero attached hydrogens (tertiary/aromatic N) is 5. The Morgan fingerprint density at radius 1 is 1.48 bits per heavy atom. The molecule has 21 heavy (non-hydrogen) atoms. The van der Waals surface area contributed by atoms with Crippen molar-refractivity contribution in [3.05, 3.63) is 29.8 Å². The molecule has 0 fully saturated rings. The number of hydrogen-bond acceptors (Lipinski definition) is 5. The van der Waals surface area contributed by atoms with Crippen molar-refractivity contribution in [1.82, 2.24) is 30.1 Å². The van der Waals surface area contributed by atoms with Gasteiger partial charge in [-0.15, -0.1) is 5.10 Å². The van der Waals surface area contributed by atoms with Gasteiger partial charge in [-0.25, -0.2) is 4.68 Å². The molecule has 8 nitrogen and oxygen atoms in total. The summed E-state index contributed by atoms with van der Waals surface area (Å²) in [6, 6.07) is 2.36. The first-order valence-corrected chi connectivity index (χ1v) is 7.02. The lowest BCUT2D eigenvalue weighted by molar-refractivity contribution is -0.119. The van der Waals surface area contributed by atoms with Gasteiger partial charge in [0.15, 0.2) is 0 Å². The molecule has 1 atom stereocenters. The zero-order valence-electron chi connectivity index (χ0n) is 12.4. The fourth-order valence-corrected chi connectivity index (χ4v) is 1.82. The zero-order chi connectivity index (χ0) is 15.2. The van der Waals surface area contributed by atoms with E-state index in [1.165, 1.54) is 0 Å². The minimum absolute atomic E-state index is 0.0266. The molecule has 3 N–H and O–H groups in total. The summed E-state index contributed by atoms with van der Waals surface area (Å²) in [4.78, 5) is 11.1. The van der Waals surface area contributed by atoms with E-state index >= 15 is 0 Å². The first kappa shape index (κ1) is 15.2. The molecule has 1 unspecified atom stereocenters. The summed E-state index contributed by atoms with van der Waals surface area (Å²) in [6.07, 6.45) is 4.80. The van der Waals surface area contributed by atoms with Crippen LogP contribution in [0.4, 0.5) is 0 Å². The van der Waals surface area contributed by atoms with Gasteiger partial charge in [0, 0.05) is 12.2 Å². The molecule has 1 amide bonds. The highest BCUT2D eigenvalue weighted by atomic mass is 16.1. The van der Waals surface area contributed by atoms with E-state index in [0.717, 1.165) is 12.1 Å². The monoisotopic (exact) mass is 291 g/mol. The van der Waals surface area contributed by atoms with Crippen LogP contribution in [0, 0.1) is 0 Å². The van der Waals surface area contributed by atoms with Crippen LogP contribution in [0.1, 0.15) is 37.7 Å². The molecular weight excluding hydrogens is 270 g/mol. The predicted molar refractivity (Wildman–Crippen MR) is 77.3 cm³/mol. The summed E-state index contributed by atoms with van der Waals surface area (Å²) in [6.45, 7) is 5.12. The van der Waals surface area contributed by atoms with Gasteiger partial charge in [-0.1, -0.05) is 12.1 Å². The highest BCUT2D eigenvalue weighted by Gasteiger charge is 2.07. The van der Waals surface area contributed by atoms with Crippen molar-refractivity contribution < 1.29 is 4.79 Å². The van der Waals surface area contributed by atoms with Gasteiger partial charge >= 0.3 is 0 Å². The average molecular weight is 291 g/mol. The normalized spacial score (nSPS) is 12.3. The molecule has 0 aliphatic heterocycles. The minimum Gasteiger partial charge on any atom is -0.349 e. The second kappa shape index (κ2) is 6.98. The molecule has 2 heterocycles. The number of amides is 1.